The van der Waals surface area contributed by atoms with Crippen LogP contribution in [-0.4, -0.2) is 51.6 Å². The zero-order valence-electron chi connectivity index (χ0n) is 9.60. The van der Waals surface area contributed by atoms with Gasteiger partial charge in [-0.3, -0.25) is 4.79 Å². The number of carbonyl (C=O) groups excluding carboxylic acids is 1. The van der Waals surface area contributed by atoms with Crippen LogP contribution >= 0.6 is 0 Å². The quantitative estimate of drug-likeness (QED) is 0.546. The van der Waals surface area contributed by atoms with Crippen LogP contribution in [0.1, 0.15) is 19.3 Å². The van der Waals surface area contributed by atoms with E-state index in [1.165, 1.54) is 0 Å². The summed E-state index contributed by atoms with van der Waals surface area (Å²) in [7, 11) is 5.74. The van der Waals surface area contributed by atoms with Gasteiger partial charge in [-0.25, -0.2) is 0 Å². The van der Waals surface area contributed by atoms with Gasteiger partial charge in [0, 0.05) is 13.5 Å². The summed E-state index contributed by atoms with van der Waals surface area (Å²) in [6.07, 6.45) is 2.73. The molecular weight excluding hydrogens is 178 g/mol. The summed E-state index contributed by atoms with van der Waals surface area (Å²) in [6, 6.07) is 0. The second-order valence-corrected chi connectivity index (χ2v) is 3.54. The molecule has 4 nitrogen and oxygen atoms in total. The molecule has 0 atom stereocenters. The molecule has 0 aliphatic rings. The Hall–Kier alpha value is -0.610. The molecule has 0 aliphatic heterocycles. The average molecular weight is 201 g/mol. The molecule has 0 unspecified atom stereocenters. The Balaban J connectivity index is 3.26. The van der Waals surface area contributed by atoms with Gasteiger partial charge in [0.15, 0.2) is 0 Å². The van der Waals surface area contributed by atoms with Crippen molar-refractivity contribution in [1.29, 1.82) is 0 Å². The monoisotopic (exact) mass is 201 g/mol. The lowest BCUT2D eigenvalue weighted by atomic mass is 10.2. The van der Waals surface area contributed by atoms with Gasteiger partial charge in [-0.15, -0.1) is 0 Å². The molecule has 0 aliphatic carbocycles. The summed E-state index contributed by atoms with van der Waals surface area (Å²) in [6.45, 7) is 3.14. The maximum Gasteiger partial charge on any atom is 0.219 e. The largest absolute Gasteiger partial charge is 0.359 e. The Morgan fingerprint density at radius 2 is 1.86 bits per heavy atom. The van der Waals surface area contributed by atoms with Gasteiger partial charge in [-0.05, 0) is 46.6 Å². The van der Waals surface area contributed by atoms with Crippen molar-refractivity contribution in [3.8, 4) is 0 Å². The highest BCUT2D eigenvalue weighted by molar-refractivity contribution is 5.75. The minimum Gasteiger partial charge on any atom is -0.359 e. The van der Waals surface area contributed by atoms with Crippen molar-refractivity contribution in [2.45, 2.75) is 19.3 Å². The van der Waals surface area contributed by atoms with Gasteiger partial charge in [0.2, 0.25) is 5.91 Å². The van der Waals surface area contributed by atoms with Crippen molar-refractivity contribution in [2.75, 3.05) is 40.8 Å². The third-order valence-corrected chi connectivity index (χ3v) is 2.19. The van der Waals surface area contributed by atoms with E-state index >= 15 is 0 Å². The van der Waals surface area contributed by atoms with E-state index in [1.54, 1.807) is 7.05 Å². The SMILES string of the molecule is CNCCCN(C)CCCC(=O)NC. The topological polar surface area (TPSA) is 44.4 Å². The van der Waals surface area contributed by atoms with Crippen LogP contribution in [0.25, 0.3) is 0 Å². The molecule has 14 heavy (non-hydrogen) atoms. The normalized spacial score (nSPS) is 10.6. The molecule has 84 valence electrons. The Kier molecular flexibility index (Phi) is 8.57. The lowest BCUT2D eigenvalue weighted by Gasteiger charge is -2.15. The molecule has 0 fully saturated rings. The summed E-state index contributed by atoms with van der Waals surface area (Å²) in [5.41, 5.74) is 0. The summed E-state index contributed by atoms with van der Waals surface area (Å²) >= 11 is 0. The van der Waals surface area contributed by atoms with Gasteiger partial charge in [0.25, 0.3) is 0 Å². The summed E-state index contributed by atoms with van der Waals surface area (Å²) in [5, 5.41) is 5.74. The highest BCUT2D eigenvalue weighted by Crippen LogP contribution is 1.93. The van der Waals surface area contributed by atoms with Crippen LogP contribution in [0.5, 0.6) is 0 Å². The van der Waals surface area contributed by atoms with E-state index < -0.39 is 0 Å². The first-order valence-corrected chi connectivity index (χ1v) is 5.24. The van der Waals surface area contributed by atoms with Crippen molar-refractivity contribution < 1.29 is 4.79 Å². The molecule has 2 N–H and O–H groups in total. The number of nitrogens with one attached hydrogen (secondary N) is 2. The third kappa shape index (κ3) is 8.01. The van der Waals surface area contributed by atoms with Crippen molar-refractivity contribution in [2.24, 2.45) is 0 Å². The van der Waals surface area contributed by atoms with Gasteiger partial charge >= 0.3 is 0 Å². The first kappa shape index (κ1) is 13.4. The Morgan fingerprint density at radius 3 is 2.43 bits per heavy atom. The molecule has 0 rings (SSSR count). The van der Waals surface area contributed by atoms with Gasteiger partial charge in [0.05, 0.1) is 0 Å². The summed E-state index contributed by atoms with van der Waals surface area (Å²) in [5.74, 6) is 0.133. The van der Waals surface area contributed by atoms with E-state index in [9.17, 15) is 4.79 Å². The zero-order valence-corrected chi connectivity index (χ0v) is 9.60. The van der Waals surface area contributed by atoms with E-state index in [1.807, 2.05) is 7.05 Å². The fourth-order valence-corrected chi connectivity index (χ4v) is 1.27. The second-order valence-electron chi connectivity index (χ2n) is 3.54. The molecular formula is C10H23N3O. The minimum atomic E-state index is 0.133. The van der Waals surface area contributed by atoms with Crippen molar-refractivity contribution >= 4 is 5.91 Å². The highest BCUT2D eigenvalue weighted by Gasteiger charge is 2.00. The predicted molar refractivity (Wildman–Crippen MR) is 59.3 cm³/mol. The summed E-state index contributed by atoms with van der Waals surface area (Å²) < 4.78 is 0. The molecule has 0 aromatic heterocycles. The molecule has 0 radical (unpaired) electrons. The van der Waals surface area contributed by atoms with E-state index in [2.05, 4.69) is 22.6 Å². The average Bonchev–Trinajstić information content (AvgIpc) is 2.18. The lowest BCUT2D eigenvalue weighted by molar-refractivity contribution is -0.120. The van der Waals surface area contributed by atoms with Gasteiger partial charge in [-0.2, -0.15) is 0 Å². The van der Waals surface area contributed by atoms with E-state index in [0.29, 0.717) is 6.42 Å². The van der Waals surface area contributed by atoms with E-state index in [4.69, 9.17) is 0 Å². The number of nitrogens with zero attached hydrogens (tertiary/aromatic N) is 1. The maximum atomic E-state index is 10.9. The van der Waals surface area contributed by atoms with Gasteiger partial charge in [-0.1, -0.05) is 0 Å². The van der Waals surface area contributed by atoms with Crippen LogP contribution < -0.4 is 10.6 Å². The van der Waals surface area contributed by atoms with Crippen LogP contribution in [0.4, 0.5) is 0 Å². The number of carbonyl (C=O) groups is 1. The Morgan fingerprint density at radius 1 is 1.21 bits per heavy atom. The Bertz CT molecular complexity index is 150. The van der Waals surface area contributed by atoms with Crippen LogP contribution in [0.2, 0.25) is 0 Å². The minimum absolute atomic E-state index is 0.133. The first-order chi connectivity index (χ1) is 6.70. The Labute approximate surface area is 87.0 Å². The van der Waals surface area contributed by atoms with E-state index in [0.717, 1.165) is 32.5 Å². The highest BCUT2D eigenvalue weighted by atomic mass is 16.1. The third-order valence-electron chi connectivity index (χ3n) is 2.19. The van der Waals surface area contributed by atoms with Crippen LogP contribution in [0.15, 0.2) is 0 Å². The molecule has 0 aromatic rings. The maximum absolute atomic E-state index is 10.9. The summed E-state index contributed by atoms with van der Waals surface area (Å²) in [4.78, 5) is 13.2. The van der Waals surface area contributed by atoms with Crippen LogP contribution in [0.3, 0.4) is 0 Å². The second kappa shape index (κ2) is 8.97. The van der Waals surface area contributed by atoms with Crippen LogP contribution in [-0.2, 0) is 4.79 Å². The molecule has 0 bridgehead atoms. The molecule has 0 spiro atoms. The number of hydrogen-bond acceptors (Lipinski definition) is 3. The van der Waals surface area contributed by atoms with Crippen molar-refractivity contribution in [1.82, 2.24) is 15.5 Å². The lowest BCUT2D eigenvalue weighted by Crippen LogP contribution is -2.25. The first-order valence-electron chi connectivity index (χ1n) is 5.24. The standard InChI is InChI=1S/C10H23N3O/c1-11-7-5-9-13(3)8-4-6-10(14)12-2/h11H,4-9H2,1-3H3,(H,12,14). The van der Waals surface area contributed by atoms with Gasteiger partial charge < -0.3 is 15.5 Å². The van der Waals surface area contributed by atoms with E-state index in [-0.39, 0.29) is 5.91 Å². The molecule has 4 heteroatoms. The molecule has 0 aromatic carbocycles. The molecule has 0 saturated heterocycles. The zero-order chi connectivity index (χ0) is 10.8. The fourth-order valence-electron chi connectivity index (χ4n) is 1.27. The molecule has 0 saturated carbocycles. The number of hydrogen-bond donors (Lipinski definition) is 2. The van der Waals surface area contributed by atoms with Crippen LogP contribution in [0, 0.1) is 0 Å². The molecule has 1 amide bonds. The van der Waals surface area contributed by atoms with Gasteiger partial charge in [0.1, 0.15) is 0 Å². The fraction of sp³-hybridized carbons (Fsp3) is 0.900. The smallest absolute Gasteiger partial charge is 0.219 e. The number of amides is 1. The predicted octanol–water partition coefficient (Wildman–Crippen LogP) is 0.0539. The van der Waals surface area contributed by atoms with Crippen molar-refractivity contribution in [3.05, 3.63) is 0 Å². The molecule has 0 heterocycles. The number of rotatable bonds is 8. The van der Waals surface area contributed by atoms with Crippen molar-refractivity contribution in [3.63, 3.8) is 0 Å².